The van der Waals surface area contributed by atoms with Gasteiger partial charge in [-0.2, -0.15) is 0 Å². The first kappa shape index (κ1) is 8.71. The number of aryl methyl sites for hydroxylation is 1. The van der Waals surface area contributed by atoms with Gasteiger partial charge in [0.15, 0.2) is 0 Å². The lowest BCUT2D eigenvalue weighted by Gasteiger charge is -1.86. The Labute approximate surface area is 71.4 Å². The van der Waals surface area contributed by atoms with Crippen LogP contribution in [0.1, 0.15) is 19.4 Å². The minimum absolute atomic E-state index is 0.819. The van der Waals surface area contributed by atoms with Crippen LogP contribution in [-0.2, 0) is 0 Å². The summed E-state index contributed by atoms with van der Waals surface area (Å²) >= 11 is 0. The smallest absolute Gasteiger partial charge is 0.138 e. The van der Waals surface area contributed by atoms with Crippen molar-refractivity contribution in [2.24, 2.45) is 0 Å². The predicted molar refractivity (Wildman–Crippen MR) is 47.9 cm³/mol. The highest BCUT2D eigenvalue weighted by Gasteiger charge is 1.99. The average molecular weight is 164 g/mol. The zero-order valence-electron chi connectivity index (χ0n) is 7.53. The molecular weight excluding hydrogens is 152 g/mol. The van der Waals surface area contributed by atoms with Gasteiger partial charge >= 0.3 is 0 Å². The van der Waals surface area contributed by atoms with Crippen LogP contribution in [0.2, 0.25) is 0 Å². The maximum Gasteiger partial charge on any atom is 0.138 e. The molecule has 0 N–H and O–H groups in total. The minimum atomic E-state index is 0.819. The van der Waals surface area contributed by atoms with E-state index in [9.17, 15) is 0 Å². The maximum atomic E-state index is 4.55. The molecule has 2 rings (SSSR count). The Morgan fingerprint density at radius 1 is 1.17 bits per heavy atom. The third-order valence-corrected chi connectivity index (χ3v) is 1.49. The second-order valence-corrected chi connectivity index (χ2v) is 2.21. The van der Waals surface area contributed by atoms with Gasteiger partial charge in [-0.15, -0.1) is 0 Å². The summed E-state index contributed by atoms with van der Waals surface area (Å²) in [5.74, 6) is 0. The van der Waals surface area contributed by atoms with Gasteiger partial charge < -0.3 is 0 Å². The van der Waals surface area contributed by atoms with E-state index in [-0.39, 0.29) is 0 Å². The predicted octanol–water partition coefficient (Wildman–Crippen LogP) is 2.56. The molecule has 1 heterocycles. The summed E-state index contributed by atoms with van der Waals surface area (Å²) in [5, 5.41) is 7.43. The van der Waals surface area contributed by atoms with E-state index in [1.807, 2.05) is 39.0 Å². The minimum Gasteiger partial charge on any atom is -0.243 e. The number of benzene rings is 1. The zero-order chi connectivity index (χ0) is 8.97. The molecule has 0 spiro atoms. The Kier molecular flexibility index (Phi) is 2.80. The molecule has 0 aliphatic heterocycles. The van der Waals surface area contributed by atoms with E-state index in [2.05, 4.69) is 14.9 Å². The fourth-order valence-electron chi connectivity index (χ4n) is 0.941. The quantitative estimate of drug-likeness (QED) is 0.600. The van der Waals surface area contributed by atoms with Crippen LogP contribution in [0.3, 0.4) is 0 Å². The summed E-state index contributed by atoms with van der Waals surface area (Å²) < 4.78 is 4.55. The molecule has 0 saturated heterocycles. The summed E-state index contributed by atoms with van der Waals surface area (Å²) in [6.45, 7) is 5.98. The lowest BCUT2D eigenvalue weighted by Crippen LogP contribution is -1.73. The zero-order valence-corrected chi connectivity index (χ0v) is 7.53. The highest BCUT2D eigenvalue weighted by atomic mass is 16.6. The molecule has 0 radical (unpaired) electrons. The van der Waals surface area contributed by atoms with Crippen molar-refractivity contribution < 1.29 is 4.63 Å². The first-order valence-corrected chi connectivity index (χ1v) is 4.06. The van der Waals surface area contributed by atoms with E-state index >= 15 is 0 Å². The molecule has 64 valence electrons. The number of aromatic nitrogens is 2. The summed E-state index contributed by atoms with van der Waals surface area (Å²) in [4.78, 5) is 0. The summed E-state index contributed by atoms with van der Waals surface area (Å²) in [7, 11) is 0. The number of nitrogens with zero attached hydrogens (tertiary/aromatic N) is 2. The Hall–Kier alpha value is -1.38. The fraction of sp³-hybridized carbons (Fsp3) is 0.333. The molecular formula is C9H12N2O. The van der Waals surface area contributed by atoms with E-state index in [4.69, 9.17) is 0 Å². The van der Waals surface area contributed by atoms with Crippen molar-refractivity contribution >= 4 is 11.0 Å². The Morgan fingerprint density at radius 3 is 2.58 bits per heavy atom. The van der Waals surface area contributed by atoms with Gasteiger partial charge in [0, 0.05) is 0 Å². The molecule has 0 amide bonds. The van der Waals surface area contributed by atoms with Gasteiger partial charge in [0.25, 0.3) is 0 Å². The lowest BCUT2D eigenvalue weighted by atomic mass is 10.2. The largest absolute Gasteiger partial charge is 0.243 e. The van der Waals surface area contributed by atoms with Gasteiger partial charge in [-0.1, -0.05) is 26.0 Å². The van der Waals surface area contributed by atoms with Gasteiger partial charge in [0.05, 0.1) is 0 Å². The van der Waals surface area contributed by atoms with Crippen LogP contribution >= 0.6 is 0 Å². The molecule has 12 heavy (non-hydrogen) atoms. The van der Waals surface area contributed by atoms with Crippen LogP contribution in [0.5, 0.6) is 0 Å². The Bertz CT molecular complexity index is 354. The number of rotatable bonds is 0. The number of fused-ring (bicyclic) bond motifs is 1. The summed E-state index contributed by atoms with van der Waals surface area (Å²) in [6, 6.07) is 5.78. The molecule has 0 aliphatic carbocycles. The van der Waals surface area contributed by atoms with E-state index in [1.54, 1.807) is 0 Å². The number of hydrogen-bond donors (Lipinski definition) is 0. The maximum absolute atomic E-state index is 4.55. The van der Waals surface area contributed by atoms with Gasteiger partial charge in [-0.25, -0.2) is 4.63 Å². The highest BCUT2D eigenvalue weighted by molar-refractivity contribution is 5.76. The molecule has 1 aromatic carbocycles. The molecule has 0 saturated carbocycles. The van der Waals surface area contributed by atoms with Crippen LogP contribution in [0.25, 0.3) is 11.0 Å². The SMILES string of the molecule is CC.Cc1cccc2nonc12. The molecule has 1 aromatic heterocycles. The van der Waals surface area contributed by atoms with Crippen molar-refractivity contribution in [3.63, 3.8) is 0 Å². The van der Waals surface area contributed by atoms with Gasteiger partial charge in [-0.05, 0) is 28.9 Å². The molecule has 3 nitrogen and oxygen atoms in total. The summed E-state index contributed by atoms with van der Waals surface area (Å²) in [5.41, 5.74) is 2.77. The van der Waals surface area contributed by atoms with Gasteiger partial charge in [0.2, 0.25) is 0 Å². The molecule has 0 bridgehead atoms. The van der Waals surface area contributed by atoms with E-state index < -0.39 is 0 Å². The van der Waals surface area contributed by atoms with E-state index in [0.717, 1.165) is 16.6 Å². The average Bonchev–Trinajstić information content (AvgIpc) is 2.57. The molecule has 0 atom stereocenters. The second kappa shape index (κ2) is 3.85. The lowest BCUT2D eigenvalue weighted by molar-refractivity contribution is 0.315. The van der Waals surface area contributed by atoms with Crippen molar-refractivity contribution in [2.75, 3.05) is 0 Å². The monoisotopic (exact) mass is 164 g/mol. The Morgan fingerprint density at radius 2 is 1.92 bits per heavy atom. The first-order valence-electron chi connectivity index (χ1n) is 4.06. The van der Waals surface area contributed by atoms with Crippen molar-refractivity contribution in [3.8, 4) is 0 Å². The van der Waals surface area contributed by atoms with Gasteiger partial charge in [-0.3, -0.25) is 0 Å². The van der Waals surface area contributed by atoms with Crippen LogP contribution in [0.4, 0.5) is 0 Å². The molecule has 0 unspecified atom stereocenters. The number of hydrogen-bond acceptors (Lipinski definition) is 3. The molecule has 0 fully saturated rings. The van der Waals surface area contributed by atoms with E-state index in [0.29, 0.717) is 0 Å². The van der Waals surface area contributed by atoms with Gasteiger partial charge in [0.1, 0.15) is 11.0 Å². The first-order chi connectivity index (χ1) is 5.88. The molecule has 2 aromatic rings. The highest BCUT2D eigenvalue weighted by Crippen LogP contribution is 2.11. The molecule has 3 heteroatoms. The molecule has 0 aliphatic rings. The second-order valence-electron chi connectivity index (χ2n) is 2.21. The normalized spacial score (nSPS) is 9.25. The van der Waals surface area contributed by atoms with Crippen LogP contribution < -0.4 is 0 Å². The Balaban J connectivity index is 0.000000336. The summed E-state index contributed by atoms with van der Waals surface area (Å²) in [6.07, 6.45) is 0. The van der Waals surface area contributed by atoms with Crippen molar-refractivity contribution in [3.05, 3.63) is 23.8 Å². The topological polar surface area (TPSA) is 38.9 Å². The van der Waals surface area contributed by atoms with Crippen LogP contribution in [-0.4, -0.2) is 10.3 Å². The van der Waals surface area contributed by atoms with Crippen LogP contribution in [0, 0.1) is 6.92 Å². The van der Waals surface area contributed by atoms with Crippen molar-refractivity contribution in [1.82, 2.24) is 10.3 Å². The fourth-order valence-corrected chi connectivity index (χ4v) is 0.941. The standard InChI is InChI=1S/C7H6N2O.C2H6/c1-5-3-2-4-6-7(5)9-10-8-6;1-2/h2-4H,1H3;1-2H3. The third-order valence-electron chi connectivity index (χ3n) is 1.49. The van der Waals surface area contributed by atoms with E-state index in [1.165, 1.54) is 0 Å². The third kappa shape index (κ3) is 1.44. The van der Waals surface area contributed by atoms with Crippen molar-refractivity contribution in [2.45, 2.75) is 20.8 Å². The van der Waals surface area contributed by atoms with Crippen molar-refractivity contribution in [1.29, 1.82) is 0 Å². The van der Waals surface area contributed by atoms with Crippen LogP contribution in [0.15, 0.2) is 22.8 Å².